The smallest absolute Gasteiger partial charge is 0.0159 e. The number of hydrogen-bond donors (Lipinski definition) is 0. The van der Waals surface area contributed by atoms with Crippen molar-refractivity contribution in [1.82, 2.24) is 0 Å². The molecule has 0 aromatic heterocycles. The normalized spacial score (nSPS) is 13.1. The lowest BCUT2D eigenvalue weighted by Crippen LogP contribution is -2.14. The second kappa shape index (κ2) is 12.1. The molecule has 11 rings (SSSR count). The molecule has 0 saturated heterocycles. The fourth-order valence-electron chi connectivity index (χ4n) is 9.56. The van der Waals surface area contributed by atoms with E-state index in [1.54, 1.807) is 0 Å². The van der Waals surface area contributed by atoms with Crippen LogP contribution in [0.25, 0.3) is 98.7 Å². The van der Waals surface area contributed by atoms with Gasteiger partial charge in [0.15, 0.2) is 0 Å². The van der Waals surface area contributed by atoms with E-state index in [1.807, 2.05) is 0 Å². The Morgan fingerprint density at radius 1 is 0.291 bits per heavy atom. The molecule has 1 aliphatic rings. The molecule has 0 N–H and O–H groups in total. The van der Waals surface area contributed by atoms with Crippen molar-refractivity contribution in [2.24, 2.45) is 0 Å². The number of rotatable bonds is 4. The van der Waals surface area contributed by atoms with E-state index in [-0.39, 0.29) is 5.41 Å². The van der Waals surface area contributed by atoms with Gasteiger partial charge in [0.25, 0.3) is 0 Å². The van der Waals surface area contributed by atoms with Gasteiger partial charge in [-0.25, -0.2) is 0 Å². The van der Waals surface area contributed by atoms with Gasteiger partial charge >= 0.3 is 0 Å². The Bertz CT molecular complexity index is 3140. The molecule has 0 amide bonds. The average molecular weight is 699 g/mol. The molecule has 0 aliphatic heterocycles. The van der Waals surface area contributed by atoms with Crippen LogP contribution in [0.4, 0.5) is 0 Å². The van der Waals surface area contributed by atoms with Gasteiger partial charge in [-0.05, 0) is 128 Å². The summed E-state index contributed by atoms with van der Waals surface area (Å²) in [7, 11) is 0. The molecule has 0 heterocycles. The van der Waals surface area contributed by atoms with Crippen molar-refractivity contribution in [1.29, 1.82) is 0 Å². The van der Waals surface area contributed by atoms with Crippen LogP contribution in [-0.2, 0) is 5.41 Å². The van der Waals surface area contributed by atoms with E-state index < -0.39 is 0 Å². The summed E-state index contributed by atoms with van der Waals surface area (Å²) < 4.78 is 0. The van der Waals surface area contributed by atoms with Crippen molar-refractivity contribution in [2.75, 3.05) is 0 Å². The maximum absolute atomic E-state index is 2.43. The minimum atomic E-state index is -0.0200. The van der Waals surface area contributed by atoms with E-state index in [0.717, 1.165) is 0 Å². The van der Waals surface area contributed by atoms with E-state index in [4.69, 9.17) is 0 Å². The summed E-state index contributed by atoms with van der Waals surface area (Å²) in [5, 5.41) is 10.2. The average Bonchev–Trinajstić information content (AvgIpc) is 3.47. The molecule has 0 radical (unpaired) electrons. The number of hydrogen-bond acceptors (Lipinski definition) is 0. The molecule has 0 fully saturated rings. The van der Waals surface area contributed by atoms with E-state index in [2.05, 4.69) is 208 Å². The fourth-order valence-corrected chi connectivity index (χ4v) is 9.56. The Balaban J connectivity index is 1.09. The molecule has 0 heteroatoms. The predicted molar refractivity (Wildman–Crippen MR) is 236 cm³/mol. The topological polar surface area (TPSA) is 0 Å². The van der Waals surface area contributed by atoms with Crippen LogP contribution in [0.5, 0.6) is 0 Å². The Morgan fingerprint density at radius 2 is 0.891 bits per heavy atom. The zero-order valence-corrected chi connectivity index (χ0v) is 31.0. The van der Waals surface area contributed by atoms with Gasteiger partial charge in [0, 0.05) is 5.41 Å². The van der Waals surface area contributed by atoms with Crippen LogP contribution in [0.2, 0.25) is 0 Å². The Hall–Kier alpha value is -6.76. The molecule has 1 aliphatic carbocycles. The Labute approximate surface area is 322 Å². The monoisotopic (exact) mass is 698 g/mol. The van der Waals surface area contributed by atoms with Crippen molar-refractivity contribution in [2.45, 2.75) is 19.3 Å². The van der Waals surface area contributed by atoms with Crippen LogP contribution < -0.4 is 0 Å². The highest BCUT2D eigenvalue weighted by Gasteiger charge is 2.35. The van der Waals surface area contributed by atoms with Crippen molar-refractivity contribution < 1.29 is 0 Å². The maximum atomic E-state index is 2.43. The molecule has 0 saturated carbocycles. The highest BCUT2D eigenvalue weighted by molar-refractivity contribution is 6.28. The first kappa shape index (κ1) is 31.7. The summed E-state index contributed by atoms with van der Waals surface area (Å²) in [6, 6.07) is 72.2. The molecule has 10 aromatic rings. The summed E-state index contributed by atoms with van der Waals surface area (Å²) in [5.74, 6) is 0. The molecule has 0 nitrogen and oxygen atoms in total. The lowest BCUT2D eigenvalue weighted by atomic mass is 9.81. The molecule has 0 unspecified atom stereocenters. The third kappa shape index (κ3) is 4.85. The quantitative estimate of drug-likeness (QED) is 0.127. The van der Waals surface area contributed by atoms with Gasteiger partial charge in [0.1, 0.15) is 0 Å². The van der Waals surface area contributed by atoms with Crippen LogP contribution >= 0.6 is 0 Å². The zero-order chi connectivity index (χ0) is 36.7. The lowest BCUT2D eigenvalue weighted by molar-refractivity contribution is 0.661. The highest BCUT2D eigenvalue weighted by atomic mass is 14.4. The minimum Gasteiger partial charge on any atom is -0.0622 e. The molecule has 258 valence electrons. The summed E-state index contributed by atoms with van der Waals surface area (Å²) in [4.78, 5) is 0. The summed E-state index contributed by atoms with van der Waals surface area (Å²) in [6.45, 7) is 4.72. The highest BCUT2D eigenvalue weighted by Crippen LogP contribution is 2.51. The first-order valence-corrected chi connectivity index (χ1v) is 19.3. The molecule has 0 spiro atoms. The number of fused-ring (bicyclic) bond motifs is 8. The van der Waals surface area contributed by atoms with E-state index >= 15 is 0 Å². The lowest BCUT2D eigenvalue weighted by Gasteiger charge is -2.21. The van der Waals surface area contributed by atoms with Crippen molar-refractivity contribution in [3.05, 3.63) is 205 Å². The first-order chi connectivity index (χ1) is 27.0. The van der Waals surface area contributed by atoms with Crippen molar-refractivity contribution >= 4 is 43.1 Å². The van der Waals surface area contributed by atoms with Crippen LogP contribution in [0, 0.1) is 0 Å². The van der Waals surface area contributed by atoms with Crippen LogP contribution in [0.15, 0.2) is 194 Å². The van der Waals surface area contributed by atoms with Gasteiger partial charge in [-0.3, -0.25) is 0 Å². The summed E-state index contributed by atoms with van der Waals surface area (Å²) in [5.41, 5.74) is 15.5. The Kier molecular flexibility index (Phi) is 7.00. The maximum Gasteiger partial charge on any atom is 0.0159 e. The Morgan fingerprint density at radius 3 is 1.69 bits per heavy atom. The second-order valence-electron chi connectivity index (χ2n) is 15.6. The van der Waals surface area contributed by atoms with Gasteiger partial charge in [-0.2, -0.15) is 0 Å². The minimum absolute atomic E-state index is 0.0200. The predicted octanol–water partition coefficient (Wildman–Crippen LogP) is 15.3. The van der Waals surface area contributed by atoms with E-state index in [1.165, 1.54) is 110 Å². The first-order valence-electron chi connectivity index (χ1n) is 19.3. The molecule has 10 aromatic carbocycles. The number of benzene rings is 10. The largest absolute Gasteiger partial charge is 0.0622 e. The third-order valence-corrected chi connectivity index (χ3v) is 12.2. The van der Waals surface area contributed by atoms with Crippen LogP contribution in [0.1, 0.15) is 25.0 Å². The van der Waals surface area contributed by atoms with Crippen LogP contribution in [0.3, 0.4) is 0 Å². The van der Waals surface area contributed by atoms with E-state index in [0.29, 0.717) is 0 Å². The van der Waals surface area contributed by atoms with E-state index in [9.17, 15) is 0 Å². The van der Waals surface area contributed by atoms with Crippen LogP contribution in [-0.4, -0.2) is 0 Å². The van der Waals surface area contributed by atoms with Gasteiger partial charge < -0.3 is 0 Å². The standard InChI is InChI=1S/C55H38/c1-55(2)50-23-13-12-19-44(50)49-33-40-29-28-39(32-41(40)34-51(49)55)35-24-26-38(27-25-35)52-46-21-10-11-22-47(46)54(53-43-18-7-6-16-37(43)30-31-48(52)53)45-20-9-8-17-42(45)36-14-4-3-5-15-36/h3-34H,1-2H3. The third-order valence-electron chi connectivity index (χ3n) is 12.2. The fraction of sp³-hybridized carbons (Fsp3) is 0.0545. The SMILES string of the molecule is CC1(C)c2ccccc2-c2cc3ccc(-c4ccc(-c5c6ccccc6c(-c6ccccc6-c6ccccc6)c6c5ccc5ccccc56)cc4)cc3cc21. The zero-order valence-electron chi connectivity index (χ0n) is 31.0. The molecular formula is C55H38. The van der Waals surface area contributed by atoms with Crippen molar-refractivity contribution in [3.8, 4) is 55.6 Å². The van der Waals surface area contributed by atoms with Gasteiger partial charge in [-0.15, -0.1) is 0 Å². The molecular weight excluding hydrogens is 661 g/mol. The van der Waals surface area contributed by atoms with Crippen molar-refractivity contribution in [3.63, 3.8) is 0 Å². The summed E-state index contributed by atoms with van der Waals surface area (Å²) in [6.07, 6.45) is 0. The molecule has 55 heavy (non-hydrogen) atoms. The van der Waals surface area contributed by atoms with Gasteiger partial charge in [-0.1, -0.05) is 190 Å². The molecule has 0 bridgehead atoms. The summed E-state index contributed by atoms with van der Waals surface area (Å²) >= 11 is 0. The second-order valence-corrected chi connectivity index (χ2v) is 15.6. The van der Waals surface area contributed by atoms with Gasteiger partial charge in [0.2, 0.25) is 0 Å². The molecule has 0 atom stereocenters. The van der Waals surface area contributed by atoms with Gasteiger partial charge in [0.05, 0.1) is 0 Å².